The van der Waals surface area contributed by atoms with Crippen molar-refractivity contribution in [3.05, 3.63) is 70.2 Å². The summed E-state index contributed by atoms with van der Waals surface area (Å²) in [7, 11) is 0. The first-order valence-corrected chi connectivity index (χ1v) is 7.81. The number of carbonyl (C=O) groups excluding carboxylic acids is 1. The summed E-state index contributed by atoms with van der Waals surface area (Å²) in [6.07, 6.45) is 1.74. The molecule has 0 spiro atoms. The minimum absolute atomic E-state index is 0.0762. The highest BCUT2D eigenvalue weighted by atomic mass is 32.1. The van der Waals surface area contributed by atoms with E-state index in [0.717, 1.165) is 22.0 Å². The molecule has 5 heteroatoms. The van der Waals surface area contributed by atoms with Crippen LogP contribution < -0.4 is 5.32 Å². The van der Waals surface area contributed by atoms with E-state index in [9.17, 15) is 4.79 Å². The van der Waals surface area contributed by atoms with Gasteiger partial charge >= 0.3 is 0 Å². The molecule has 0 unspecified atom stereocenters. The maximum atomic E-state index is 12.2. The summed E-state index contributed by atoms with van der Waals surface area (Å²) >= 11 is 1.52. The third-order valence-corrected chi connectivity index (χ3v) is 4.12. The molecule has 0 radical (unpaired) electrons. The minimum Gasteiger partial charge on any atom is -0.346 e. The lowest BCUT2D eigenvalue weighted by Gasteiger charge is -2.05. The molecule has 2 aromatic heterocycles. The molecule has 1 aromatic carbocycles. The van der Waals surface area contributed by atoms with E-state index in [2.05, 4.69) is 15.3 Å². The van der Waals surface area contributed by atoms with E-state index < -0.39 is 0 Å². The summed E-state index contributed by atoms with van der Waals surface area (Å²) in [6.45, 7) is 2.35. The third-order valence-electron chi connectivity index (χ3n) is 3.27. The summed E-state index contributed by atoms with van der Waals surface area (Å²) in [5.41, 5.74) is 3.35. The molecule has 3 aromatic rings. The van der Waals surface area contributed by atoms with Crippen molar-refractivity contribution >= 4 is 17.2 Å². The Morgan fingerprint density at radius 3 is 2.73 bits per heavy atom. The van der Waals surface area contributed by atoms with E-state index in [-0.39, 0.29) is 5.91 Å². The summed E-state index contributed by atoms with van der Waals surface area (Å²) < 4.78 is 0. The van der Waals surface area contributed by atoms with Crippen LogP contribution in [0, 0.1) is 6.92 Å². The fourth-order valence-corrected chi connectivity index (χ4v) is 2.83. The number of carbonyl (C=O) groups is 1. The number of nitrogens with zero attached hydrogens (tertiary/aromatic N) is 2. The smallest absolute Gasteiger partial charge is 0.251 e. The van der Waals surface area contributed by atoms with Gasteiger partial charge in [0.15, 0.2) is 0 Å². The third kappa shape index (κ3) is 3.20. The molecule has 0 bridgehead atoms. The SMILES string of the molecule is Cc1ccccc1C(=O)NCc1nc(-c2ccccn2)cs1. The Labute approximate surface area is 132 Å². The van der Waals surface area contributed by atoms with Gasteiger partial charge in [-0.25, -0.2) is 4.98 Å². The van der Waals surface area contributed by atoms with E-state index in [1.807, 2.05) is 54.8 Å². The van der Waals surface area contributed by atoms with Gasteiger partial charge in [0.1, 0.15) is 5.01 Å². The molecule has 0 atom stereocenters. The lowest BCUT2D eigenvalue weighted by molar-refractivity contribution is 0.0950. The molecule has 22 heavy (non-hydrogen) atoms. The van der Waals surface area contributed by atoms with E-state index in [1.165, 1.54) is 11.3 Å². The normalized spacial score (nSPS) is 10.4. The predicted octanol–water partition coefficient (Wildman–Crippen LogP) is 3.44. The average molecular weight is 309 g/mol. The highest BCUT2D eigenvalue weighted by Crippen LogP contribution is 2.19. The van der Waals surface area contributed by atoms with Crippen LogP contribution in [0.5, 0.6) is 0 Å². The van der Waals surface area contributed by atoms with Crippen LogP contribution in [0.3, 0.4) is 0 Å². The summed E-state index contributed by atoms with van der Waals surface area (Å²) in [5, 5.41) is 5.73. The van der Waals surface area contributed by atoms with Gasteiger partial charge in [-0.2, -0.15) is 0 Å². The monoisotopic (exact) mass is 309 g/mol. The maximum Gasteiger partial charge on any atom is 0.251 e. The molecule has 0 saturated carbocycles. The Morgan fingerprint density at radius 2 is 1.95 bits per heavy atom. The number of thiazole rings is 1. The molecule has 0 aliphatic carbocycles. The quantitative estimate of drug-likeness (QED) is 0.803. The Morgan fingerprint density at radius 1 is 1.14 bits per heavy atom. The van der Waals surface area contributed by atoms with Crippen LogP contribution in [0.2, 0.25) is 0 Å². The van der Waals surface area contributed by atoms with E-state index >= 15 is 0 Å². The van der Waals surface area contributed by atoms with Gasteiger partial charge in [-0.1, -0.05) is 24.3 Å². The first kappa shape index (κ1) is 14.4. The molecule has 0 aliphatic rings. The molecule has 4 nitrogen and oxygen atoms in total. The zero-order valence-electron chi connectivity index (χ0n) is 12.1. The van der Waals surface area contributed by atoms with Gasteiger partial charge in [-0.3, -0.25) is 9.78 Å². The van der Waals surface area contributed by atoms with Crippen LogP contribution in [0.25, 0.3) is 11.4 Å². The lowest BCUT2D eigenvalue weighted by atomic mass is 10.1. The van der Waals surface area contributed by atoms with E-state index in [1.54, 1.807) is 6.20 Å². The Hall–Kier alpha value is -2.53. The standard InChI is InChI=1S/C17H15N3OS/c1-12-6-2-3-7-13(12)17(21)19-10-16-20-15(11-22-16)14-8-4-5-9-18-14/h2-9,11H,10H2,1H3,(H,19,21). The van der Waals surface area contributed by atoms with Gasteiger partial charge < -0.3 is 5.32 Å². The number of hydrogen-bond acceptors (Lipinski definition) is 4. The zero-order chi connectivity index (χ0) is 15.4. The summed E-state index contributed by atoms with van der Waals surface area (Å²) in [6, 6.07) is 13.3. The number of pyridine rings is 1. The van der Waals surface area contributed by atoms with Crippen molar-refractivity contribution in [3.63, 3.8) is 0 Å². The Balaban J connectivity index is 1.67. The average Bonchev–Trinajstić information content (AvgIpc) is 3.03. The molecule has 0 aliphatic heterocycles. The minimum atomic E-state index is -0.0762. The molecule has 0 fully saturated rings. The van der Waals surface area contributed by atoms with Crippen molar-refractivity contribution in [1.82, 2.24) is 15.3 Å². The number of hydrogen-bond donors (Lipinski definition) is 1. The molecule has 2 heterocycles. The molecule has 1 N–H and O–H groups in total. The topological polar surface area (TPSA) is 54.9 Å². The fraction of sp³-hybridized carbons (Fsp3) is 0.118. The van der Waals surface area contributed by atoms with Crippen molar-refractivity contribution < 1.29 is 4.79 Å². The molecule has 0 saturated heterocycles. The Kier molecular flexibility index (Phi) is 4.25. The van der Waals surface area contributed by atoms with E-state index in [4.69, 9.17) is 0 Å². The number of benzene rings is 1. The van der Waals surface area contributed by atoms with Crippen LogP contribution in [-0.2, 0) is 6.54 Å². The number of aryl methyl sites for hydroxylation is 1. The van der Waals surface area contributed by atoms with Crippen LogP contribution in [-0.4, -0.2) is 15.9 Å². The molecular formula is C17H15N3OS. The number of aromatic nitrogens is 2. The van der Waals surface area contributed by atoms with Gasteiger partial charge in [0.2, 0.25) is 0 Å². The van der Waals surface area contributed by atoms with Crippen LogP contribution in [0.15, 0.2) is 54.0 Å². The van der Waals surface area contributed by atoms with Crippen molar-refractivity contribution in [1.29, 1.82) is 0 Å². The molecule has 1 amide bonds. The molecular weight excluding hydrogens is 294 g/mol. The van der Waals surface area contributed by atoms with Crippen LogP contribution in [0.4, 0.5) is 0 Å². The predicted molar refractivity (Wildman–Crippen MR) is 87.7 cm³/mol. The number of amides is 1. The molecule has 110 valence electrons. The largest absolute Gasteiger partial charge is 0.346 e. The van der Waals surface area contributed by atoms with Crippen LogP contribution >= 0.6 is 11.3 Å². The van der Waals surface area contributed by atoms with Gasteiger partial charge in [0, 0.05) is 17.1 Å². The van der Waals surface area contributed by atoms with Crippen molar-refractivity contribution in [2.75, 3.05) is 0 Å². The first-order chi connectivity index (χ1) is 10.7. The molecule has 3 rings (SSSR count). The van der Waals surface area contributed by atoms with Crippen molar-refractivity contribution in [2.45, 2.75) is 13.5 Å². The van der Waals surface area contributed by atoms with Gasteiger partial charge in [0.25, 0.3) is 5.91 Å². The van der Waals surface area contributed by atoms with Gasteiger partial charge in [0.05, 0.1) is 17.9 Å². The second-order valence-corrected chi connectivity index (χ2v) is 5.78. The zero-order valence-corrected chi connectivity index (χ0v) is 12.9. The van der Waals surface area contributed by atoms with Crippen LogP contribution in [0.1, 0.15) is 20.9 Å². The van der Waals surface area contributed by atoms with Crippen molar-refractivity contribution in [2.24, 2.45) is 0 Å². The number of nitrogens with one attached hydrogen (secondary N) is 1. The number of rotatable bonds is 4. The van der Waals surface area contributed by atoms with Crippen molar-refractivity contribution in [3.8, 4) is 11.4 Å². The lowest BCUT2D eigenvalue weighted by Crippen LogP contribution is -2.23. The maximum absolute atomic E-state index is 12.2. The summed E-state index contributed by atoms with van der Waals surface area (Å²) in [4.78, 5) is 21.0. The first-order valence-electron chi connectivity index (χ1n) is 6.93. The second kappa shape index (κ2) is 6.49. The second-order valence-electron chi connectivity index (χ2n) is 4.84. The highest BCUT2D eigenvalue weighted by Gasteiger charge is 2.10. The van der Waals surface area contributed by atoms with Gasteiger partial charge in [-0.15, -0.1) is 11.3 Å². The Bertz CT molecular complexity index is 783. The fourth-order valence-electron chi connectivity index (χ4n) is 2.10. The van der Waals surface area contributed by atoms with Gasteiger partial charge in [-0.05, 0) is 30.7 Å². The van der Waals surface area contributed by atoms with E-state index in [0.29, 0.717) is 12.1 Å². The highest BCUT2D eigenvalue weighted by molar-refractivity contribution is 7.09. The summed E-state index contributed by atoms with van der Waals surface area (Å²) in [5.74, 6) is -0.0762.